The number of hydrogen-bond donors (Lipinski definition) is 0. The van der Waals surface area contributed by atoms with E-state index < -0.39 is 18.2 Å². The van der Waals surface area contributed by atoms with Crippen LogP contribution in [0.5, 0.6) is 5.75 Å². The van der Waals surface area contributed by atoms with Crippen molar-refractivity contribution in [2.24, 2.45) is 0 Å². The first kappa shape index (κ1) is 22.5. The van der Waals surface area contributed by atoms with Crippen molar-refractivity contribution >= 4 is 5.97 Å². The number of unbranched alkanes of at least 4 members (excludes halogenated alkanes) is 4. The fourth-order valence-corrected chi connectivity index (χ4v) is 3.53. The van der Waals surface area contributed by atoms with Crippen LogP contribution in [0.1, 0.15) is 76.2 Å². The summed E-state index contributed by atoms with van der Waals surface area (Å²) in [5, 5.41) is 0. The summed E-state index contributed by atoms with van der Waals surface area (Å²) < 4.78 is 61.3. The summed E-state index contributed by atoms with van der Waals surface area (Å²) in [6.45, 7) is 2.71. The molecule has 1 aromatic carbocycles. The number of rotatable bonds is 9. The number of hydrogen-bond acceptors (Lipinski definition) is 3. The Balaban J connectivity index is 1.79. The van der Waals surface area contributed by atoms with Gasteiger partial charge < -0.3 is 9.47 Å². The SMILES string of the molecule is CCCCCCCOc1ccc(C2CCC(OC(=O)C(F)(F)F)CC2)c(F)c1. The molecule has 28 heavy (non-hydrogen) atoms. The molecule has 0 spiro atoms. The first-order chi connectivity index (χ1) is 13.3. The highest BCUT2D eigenvalue weighted by atomic mass is 19.4. The molecule has 7 heteroatoms. The summed E-state index contributed by atoms with van der Waals surface area (Å²) in [5.74, 6) is -2.12. The van der Waals surface area contributed by atoms with E-state index in [1.165, 1.54) is 25.3 Å². The number of ether oxygens (including phenoxy) is 2. The lowest BCUT2D eigenvalue weighted by atomic mass is 9.82. The smallest absolute Gasteiger partial charge is 0.490 e. The van der Waals surface area contributed by atoms with Crippen molar-refractivity contribution in [1.82, 2.24) is 0 Å². The average Bonchev–Trinajstić information content (AvgIpc) is 2.65. The molecule has 0 N–H and O–H groups in total. The predicted molar refractivity (Wildman–Crippen MR) is 97.8 cm³/mol. The van der Waals surface area contributed by atoms with Crippen molar-refractivity contribution in [1.29, 1.82) is 0 Å². The van der Waals surface area contributed by atoms with Gasteiger partial charge in [0.05, 0.1) is 6.61 Å². The van der Waals surface area contributed by atoms with E-state index in [0.29, 0.717) is 43.6 Å². The topological polar surface area (TPSA) is 35.5 Å². The molecule has 0 bridgehead atoms. The standard InChI is InChI=1S/C21H28F4O3/c1-2-3-4-5-6-13-27-17-11-12-18(19(22)14-17)15-7-9-16(10-8-15)28-20(26)21(23,24)25/h11-12,14-16H,2-10,13H2,1H3. The van der Waals surface area contributed by atoms with E-state index >= 15 is 0 Å². The summed E-state index contributed by atoms with van der Waals surface area (Å²) in [6.07, 6.45) is 1.40. The van der Waals surface area contributed by atoms with Gasteiger partial charge in [0, 0.05) is 6.07 Å². The monoisotopic (exact) mass is 404 g/mol. The minimum atomic E-state index is -4.98. The van der Waals surface area contributed by atoms with E-state index in [1.807, 2.05) is 0 Å². The highest BCUT2D eigenvalue weighted by Crippen LogP contribution is 2.36. The second-order valence-corrected chi connectivity index (χ2v) is 7.32. The lowest BCUT2D eigenvalue weighted by Crippen LogP contribution is -2.32. The fourth-order valence-electron chi connectivity index (χ4n) is 3.53. The van der Waals surface area contributed by atoms with Crippen LogP contribution in [0.3, 0.4) is 0 Å². The van der Waals surface area contributed by atoms with E-state index in [-0.39, 0.29) is 11.7 Å². The number of carbonyl (C=O) groups is 1. The molecule has 0 unspecified atom stereocenters. The summed E-state index contributed by atoms with van der Waals surface area (Å²) >= 11 is 0. The zero-order valence-corrected chi connectivity index (χ0v) is 16.2. The van der Waals surface area contributed by atoms with Gasteiger partial charge in [0.1, 0.15) is 17.7 Å². The molecule has 1 saturated carbocycles. The number of halogens is 4. The van der Waals surface area contributed by atoms with Crippen molar-refractivity contribution in [3.63, 3.8) is 0 Å². The Kier molecular flexibility index (Phi) is 8.58. The molecule has 0 aliphatic heterocycles. The van der Waals surface area contributed by atoms with Crippen molar-refractivity contribution in [3.8, 4) is 5.75 Å². The second kappa shape index (κ2) is 10.7. The number of alkyl halides is 3. The molecule has 0 amide bonds. The average molecular weight is 404 g/mol. The fraction of sp³-hybridized carbons (Fsp3) is 0.667. The van der Waals surface area contributed by atoms with Crippen molar-refractivity contribution in [3.05, 3.63) is 29.6 Å². The molecule has 0 radical (unpaired) electrons. The normalized spacial score (nSPS) is 20.0. The van der Waals surface area contributed by atoms with E-state index in [9.17, 15) is 22.4 Å². The van der Waals surface area contributed by atoms with E-state index in [0.717, 1.165) is 12.8 Å². The van der Waals surface area contributed by atoms with Crippen molar-refractivity contribution in [2.75, 3.05) is 6.61 Å². The molecule has 1 aliphatic carbocycles. The maximum atomic E-state index is 14.5. The zero-order valence-electron chi connectivity index (χ0n) is 16.2. The first-order valence-electron chi connectivity index (χ1n) is 10.0. The van der Waals surface area contributed by atoms with Crippen LogP contribution in [0.15, 0.2) is 18.2 Å². The molecular weight excluding hydrogens is 376 g/mol. The third-order valence-electron chi connectivity index (χ3n) is 5.11. The van der Waals surface area contributed by atoms with E-state index in [2.05, 4.69) is 11.7 Å². The van der Waals surface area contributed by atoms with Gasteiger partial charge in [-0.1, -0.05) is 38.7 Å². The van der Waals surface area contributed by atoms with Crippen LogP contribution in [-0.2, 0) is 9.53 Å². The molecular formula is C21H28F4O3. The van der Waals surface area contributed by atoms with Gasteiger partial charge >= 0.3 is 12.1 Å². The van der Waals surface area contributed by atoms with Gasteiger partial charge in [-0.25, -0.2) is 9.18 Å². The first-order valence-corrected chi connectivity index (χ1v) is 10.0. The van der Waals surface area contributed by atoms with Crippen LogP contribution in [0.4, 0.5) is 17.6 Å². The minimum Gasteiger partial charge on any atom is -0.493 e. The number of carbonyl (C=O) groups excluding carboxylic acids is 1. The van der Waals surface area contributed by atoms with Crippen LogP contribution < -0.4 is 4.74 Å². The molecule has 158 valence electrons. The molecule has 0 aromatic heterocycles. The summed E-state index contributed by atoms with van der Waals surface area (Å²) in [7, 11) is 0. The molecule has 1 aliphatic rings. The summed E-state index contributed by atoms with van der Waals surface area (Å²) in [6, 6.07) is 4.80. The highest BCUT2D eigenvalue weighted by molar-refractivity contribution is 5.75. The molecule has 2 rings (SSSR count). The van der Waals surface area contributed by atoms with Crippen LogP contribution >= 0.6 is 0 Å². The second-order valence-electron chi connectivity index (χ2n) is 7.32. The van der Waals surface area contributed by atoms with E-state index in [1.54, 1.807) is 12.1 Å². The van der Waals surface area contributed by atoms with Gasteiger partial charge in [0.25, 0.3) is 0 Å². The number of esters is 1. The van der Waals surface area contributed by atoms with Gasteiger partial charge in [-0.3, -0.25) is 0 Å². The van der Waals surface area contributed by atoms with Gasteiger partial charge in [-0.2, -0.15) is 13.2 Å². The third-order valence-corrected chi connectivity index (χ3v) is 5.11. The maximum absolute atomic E-state index is 14.5. The Morgan fingerprint density at radius 3 is 2.36 bits per heavy atom. The lowest BCUT2D eigenvalue weighted by molar-refractivity contribution is -0.206. The number of benzene rings is 1. The van der Waals surface area contributed by atoms with Crippen molar-refractivity contribution < 1.29 is 31.8 Å². The van der Waals surface area contributed by atoms with Crippen LogP contribution in [0.2, 0.25) is 0 Å². The summed E-state index contributed by atoms with van der Waals surface area (Å²) in [5.41, 5.74) is 0.538. The molecule has 0 heterocycles. The van der Waals surface area contributed by atoms with Crippen molar-refractivity contribution in [2.45, 2.75) is 82.9 Å². The predicted octanol–water partition coefficient (Wildman–Crippen LogP) is 6.31. The Labute approximate surface area is 163 Å². The van der Waals surface area contributed by atoms with Gasteiger partial charge in [0.2, 0.25) is 0 Å². The molecule has 0 saturated heterocycles. The minimum absolute atomic E-state index is 0.0936. The quantitative estimate of drug-likeness (QED) is 0.275. The molecule has 1 fully saturated rings. The van der Waals surface area contributed by atoms with Crippen LogP contribution in [0, 0.1) is 5.82 Å². The zero-order chi connectivity index (χ0) is 20.6. The Morgan fingerprint density at radius 1 is 1.07 bits per heavy atom. The lowest BCUT2D eigenvalue weighted by Gasteiger charge is -2.29. The Bertz CT molecular complexity index is 623. The Hall–Kier alpha value is -1.79. The van der Waals surface area contributed by atoms with Gasteiger partial charge in [-0.05, 0) is 49.7 Å². The molecule has 3 nitrogen and oxygen atoms in total. The Morgan fingerprint density at radius 2 is 1.75 bits per heavy atom. The van der Waals surface area contributed by atoms with Gasteiger partial charge in [0.15, 0.2) is 0 Å². The van der Waals surface area contributed by atoms with Gasteiger partial charge in [-0.15, -0.1) is 0 Å². The largest absolute Gasteiger partial charge is 0.493 e. The van der Waals surface area contributed by atoms with Crippen LogP contribution in [0.25, 0.3) is 0 Å². The summed E-state index contributed by atoms with van der Waals surface area (Å²) in [4.78, 5) is 10.9. The van der Waals surface area contributed by atoms with E-state index in [4.69, 9.17) is 4.74 Å². The highest BCUT2D eigenvalue weighted by Gasteiger charge is 2.42. The molecule has 1 aromatic rings. The maximum Gasteiger partial charge on any atom is 0.490 e. The van der Waals surface area contributed by atoms with Crippen LogP contribution in [-0.4, -0.2) is 24.9 Å². The third kappa shape index (κ3) is 6.99. The molecule has 0 atom stereocenters.